The van der Waals surface area contributed by atoms with Crippen molar-refractivity contribution in [1.29, 1.82) is 0 Å². The van der Waals surface area contributed by atoms with Gasteiger partial charge in [0.1, 0.15) is 5.75 Å². The second-order valence-corrected chi connectivity index (χ2v) is 6.00. The van der Waals surface area contributed by atoms with Crippen LogP contribution < -0.4 is 10.1 Å². The van der Waals surface area contributed by atoms with Gasteiger partial charge in [-0.25, -0.2) is 0 Å². The van der Waals surface area contributed by atoms with Crippen molar-refractivity contribution in [2.45, 2.75) is 52.1 Å². The van der Waals surface area contributed by atoms with Gasteiger partial charge in [0.05, 0.1) is 12.6 Å². The molecule has 0 spiro atoms. The Labute approximate surface area is 130 Å². The van der Waals surface area contributed by atoms with Crippen LogP contribution >= 0.6 is 0 Å². The summed E-state index contributed by atoms with van der Waals surface area (Å²) in [6.45, 7) is 10.5. The molecule has 3 heteroatoms. The molecular weight excluding hydrogens is 260 g/mol. The Kier molecular flexibility index (Phi) is 7.20. The van der Waals surface area contributed by atoms with Crippen molar-refractivity contribution in [3.05, 3.63) is 29.8 Å². The zero-order valence-electron chi connectivity index (χ0n) is 14.6. The van der Waals surface area contributed by atoms with Crippen molar-refractivity contribution < 1.29 is 4.74 Å². The molecule has 1 N–H and O–H groups in total. The van der Waals surface area contributed by atoms with E-state index in [-0.39, 0.29) is 11.6 Å². The Morgan fingerprint density at radius 2 is 1.95 bits per heavy atom. The van der Waals surface area contributed by atoms with E-state index in [9.17, 15) is 0 Å². The maximum absolute atomic E-state index is 5.67. The largest absolute Gasteiger partial charge is 0.494 e. The van der Waals surface area contributed by atoms with Crippen LogP contribution in [-0.4, -0.2) is 37.7 Å². The lowest BCUT2D eigenvalue weighted by Gasteiger charge is -2.43. The van der Waals surface area contributed by atoms with Crippen molar-refractivity contribution in [2.75, 3.05) is 27.2 Å². The van der Waals surface area contributed by atoms with E-state index in [0.29, 0.717) is 6.61 Å². The van der Waals surface area contributed by atoms with Crippen LogP contribution in [0.25, 0.3) is 0 Å². The quantitative estimate of drug-likeness (QED) is 0.748. The first kappa shape index (κ1) is 18.0. The summed E-state index contributed by atoms with van der Waals surface area (Å²) in [6.07, 6.45) is 2.22. The molecule has 0 aliphatic rings. The van der Waals surface area contributed by atoms with E-state index in [4.69, 9.17) is 4.74 Å². The van der Waals surface area contributed by atoms with Crippen molar-refractivity contribution in [3.63, 3.8) is 0 Å². The SMILES string of the molecule is CCCNC(c1cccc(OCC)c1)C(C)(CC)N(C)C. The second-order valence-electron chi connectivity index (χ2n) is 6.00. The lowest BCUT2D eigenvalue weighted by molar-refractivity contribution is 0.112. The van der Waals surface area contributed by atoms with E-state index in [1.54, 1.807) is 0 Å². The third-order valence-electron chi connectivity index (χ3n) is 4.46. The summed E-state index contributed by atoms with van der Waals surface area (Å²) in [5.74, 6) is 0.954. The minimum absolute atomic E-state index is 0.0695. The van der Waals surface area contributed by atoms with Gasteiger partial charge < -0.3 is 15.0 Å². The number of hydrogen-bond donors (Lipinski definition) is 1. The fourth-order valence-corrected chi connectivity index (χ4v) is 2.71. The molecule has 0 saturated heterocycles. The molecule has 0 aliphatic carbocycles. The molecule has 0 radical (unpaired) electrons. The summed E-state index contributed by atoms with van der Waals surface area (Å²) in [7, 11) is 4.33. The lowest BCUT2D eigenvalue weighted by Crippen LogP contribution is -2.51. The van der Waals surface area contributed by atoms with E-state index in [1.165, 1.54) is 5.56 Å². The fourth-order valence-electron chi connectivity index (χ4n) is 2.71. The van der Waals surface area contributed by atoms with Crippen LogP contribution in [0.1, 0.15) is 52.1 Å². The van der Waals surface area contributed by atoms with Crippen LogP contribution in [0.5, 0.6) is 5.75 Å². The van der Waals surface area contributed by atoms with Crippen LogP contribution in [0.15, 0.2) is 24.3 Å². The summed E-state index contributed by atoms with van der Waals surface area (Å²) in [6, 6.07) is 8.79. The smallest absolute Gasteiger partial charge is 0.119 e. The van der Waals surface area contributed by atoms with E-state index in [1.807, 2.05) is 13.0 Å². The highest BCUT2D eigenvalue weighted by atomic mass is 16.5. The van der Waals surface area contributed by atoms with E-state index >= 15 is 0 Å². The molecule has 1 aromatic rings. The monoisotopic (exact) mass is 292 g/mol. The number of rotatable bonds is 9. The molecule has 0 aliphatic heterocycles. The van der Waals surface area contributed by atoms with Gasteiger partial charge in [-0.2, -0.15) is 0 Å². The molecule has 120 valence electrons. The van der Waals surface area contributed by atoms with Crippen LogP contribution in [0.2, 0.25) is 0 Å². The molecule has 0 fully saturated rings. The zero-order chi connectivity index (χ0) is 15.9. The standard InChI is InChI=1S/C18H32N2O/c1-7-13-19-17(18(4,8-2)20(5)6)15-11-10-12-16(14-15)21-9-3/h10-12,14,17,19H,7-9,13H2,1-6H3. The predicted molar refractivity (Wildman–Crippen MR) is 91.0 cm³/mol. The average molecular weight is 292 g/mol. The minimum atomic E-state index is 0.0695. The maximum Gasteiger partial charge on any atom is 0.119 e. The molecule has 0 amide bonds. The highest BCUT2D eigenvalue weighted by Crippen LogP contribution is 2.34. The average Bonchev–Trinajstić information content (AvgIpc) is 2.48. The van der Waals surface area contributed by atoms with Gasteiger partial charge in [-0.3, -0.25) is 0 Å². The molecule has 0 heterocycles. The van der Waals surface area contributed by atoms with Crippen LogP contribution in [-0.2, 0) is 0 Å². The van der Waals surface area contributed by atoms with Crippen LogP contribution in [0, 0.1) is 0 Å². The van der Waals surface area contributed by atoms with Crippen LogP contribution in [0.3, 0.4) is 0 Å². The minimum Gasteiger partial charge on any atom is -0.494 e. The highest BCUT2D eigenvalue weighted by molar-refractivity contribution is 5.32. The Morgan fingerprint density at radius 1 is 1.24 bits per heavy atom. The van der Waals surface area contributed by atoms with E-state index < -0.39 is 0 Å². The first-order valence-corrected chi connectivity index (χ1v) is 8.13. The second kappa shape index (κ2) is 8.40. The van der Waals surface area contributed by atoms with Crippen molar-refractivity contribution in [1.82, 2.24) is 10.2 Å². The normalized spacial score (nSPS) is 15.8. The Hall–Kier alpha value is -1.06. The molecular formula is C18H32N2O. The molecule has 3 nitrogen and oxygen atoms in total. The van der Waals surface area contributed by atoms with Gasteiger partial charge in [0.25, 0.3) is 0 Å². The molecule has 0 saturated carbocycles. The molecule has 0 aromatic heterocycles. The zero-order valence-corrected chi connectivity index (χ0v) is 14.6. The molecule has 2 atom stereocenters. The first-order valence-electron chi connectivity index (χ1n) is 8.13. The molecule has 21 heavy (non-hydrogen) atoms. The summed E-state index contributed by atoms with van der Waals surface area (Å²) < 4.78 is 5.67. The predicted octanol–water partition coefficient (Wildman–Crippen LogP) is 3.86. The van der Waals surface area contributed by atoms with Gasteiger partial charge in [0, 0.05) is 5.54 Å². The number of likely N-dealkylation sites (N-methyl/N-ethyl adjacent to an activating group) is 1. The van der Waals surface area contributed by atoms with Gasteiger partial charge in [-0.15, -0.1) is 0 Å². The Morgan fingerprint density at radius 3 is 2.48 bits per heavy atom. The van der Waals surface area contributed by atoms with Gasteiger partial charge in [-0.05, 0) is 65.0 Å². The fraction of sp³-hybridized carbons (Fsp3) is 0.667. The van der Waals surface area contributed by atoms with Gasteiger partial charge in [0.2, 0.25) is 0 Å². The number of hydrogen-bond acceptors (Lipinski definition) is 3. The summed E-state index contributed by atoms with van der Waals surface area (Å²) in [5.41, 5.74) is 1.37. The maximum atomic E-state index is 5.67. The lowest BCUT2D eigenvalue weighted by atomic mass is 9.83. The Bertz CT molecular complexity index is 419. The third kappa shape index (κ3) is 4.45. The molecule has 0 bridgehead atoms. The molecule has 2 unspecified atom stereocenters. The van der Waals surface area contributed by atoms with Crippen molar-refractivity contribution >= 4 is 0 Å². The number of nitrogens with one attached hydrogen (secondary N) is 1. The third-order valence-corrected chi connectivity index (χ3v) is 4.46. The molecule has 1 rings (SSSR count). The first-order chi connectivity index (χ1) is 9.99. The van der Waals surface area contributed by atoms with Crippen molar-refractivity contribution in [2.24, 2.45) is 0 Å². The van der Waals surface area contributed by atoms with Gasteiger partial charge in [-0.1, -0.05) is 26.0 Å². The van der Waals surface area contributed by atoms with Gasteiger partial charge >= 0.3 is 0 Å². The topological polar surface area (TPSA) is 24.5 Å². The summed E-state index contributed by atoms with van der Waals surface area (Å²) >= 11 is 0. The summed E-state index contributed by atoms with van der Waals surface area (Å²) in [5, 5.41) is 3.73. The molecule has 1 aromatic carbocycles. The van der Waals surface area contributed by atoms with Crippen molar-refractivity contribution in [3.8, 4) is 5.75 Å². The number of ether oxygens (including phenoxy) is 1. The van der Waals surface area contributed by atoms with E-state index in [0.717, 1.165) is 25.1 Å². The summed E-state index contributed by atoms with van der Waals surface area (Å²) in [4.78, 5) is 2.33. The van der Waals surface area contributed by atoms with Gasteiger partial charge in [0.15, 0.2) is 0 Å². The van der Waals surface area contributed by atoms with Crippen LogP contribution in [0.4, 0.5) is 0 Å². The highest BCUT2D eigenvalue weighted by Gasteiger charge is 2.35. The number of nitrogens with zero attached hydrogens (tertiary/aromatic N) is 1. The number of benzene rings is 1. The Balaban J connectivity index is 3.14. The van der Waals surface area contributed by atoms with E-state index in [2.05, 4.69) is 63.3 Å².